The lowest BCUT2D eigenvalue weighted by Gasteiger charge is -2.34. The Bertz CT molecular complexity index is 457. The summed E-state index contributed by atoms with van der Waals surface area (Å²) >= 11 is 0. The molecule has 2 unspecified atom stereocenters. The predicted octanol–water partition coefficient (Wildman–Crippen LogP) is 3.25. The first-order valence-corrected chi connectivity index (χ1v) is 8.09. The first-order valence-electron chi connectivity index (χ1n) is 8.09. The fraction of sp³-hybridized carbons (Fsp3) is 0.667. The first kappa shape index (κ1) is 16.3. The Kier molecular flexibility index (Phi) is 5.65. The molecule has 21 heavy (non-hydrogen) atoms. The van der Waals surface area contributed by atoms with Gasteiger partial charge in [-0.05, 0) is 62.5 Å². The largest absolute Gasteiger partial charge is 0.497 e. The predicted molar refractivity (Wildman–Crippen MR) is 89.0 cm³/mol. The molecule has 118 valence electrons. The van der Waals surface area contributed by atoms with E-state index in [1.807, 2.05) is 0 Å². The van der Waals surface area contributed by atoms with Gasteiger partial charge in [-0.1, -0.05) is 19.9 Å². The van der Waals surface area contributed by atoms with Crippen molar-refractivity contribution < 1.29 is 4.74 Å². The second kappa shape index (κ2) is 7.28. The van der Waals surface area contributed by atoms with Crippen LogP contribution >= 0.6 is 0 Å². The summed E-state index contributed by atoms with van der Waals surface area (Å²) in [5.74, 6) is 1.61. The molecule has 0 aliphatic heterocycles. The molecule has 0 saturated heterocycles. The van der Waals surface area contributed by atoms with Crippen LogP contribution in [0.3, 0.4) is 0 Å². The summed E-state index contributed by atoms with van der Waals surface area (Å²) in [6, 6.07) is 7.55. The Morgan fingerprint density at radius 2 is 2.10 bits per heavy atom. The summed E-state index contributed by atoms with van der Waals surface area (Å²) in [5, 5.41) is 3.90. The maximum Gasteiger partial charge on any atom is 0.119 e. The Morgan fingerprint density at radius 3 is 2.71 bits per heavy atom. The van der Waals surface area contributed by atoms with Gasteiger partial charge in [0.2, 0.25) is 0 Å². The molecule has 2 rings (SSSR count). The fourth-order valence-electron chi connectivity index (χ4n) is 3.20. The van der Waals surface area contributed by atoms with Gasteiger partial charge in [-0.25, -0.2) is 0 Å². The van der Waals surface area contributed by atoms with Gasteiger partial charge in [-0.15, -0.1) is 0 Å². The summed E-state index contributed by atoms with van der Waals surface area (Å²) < 4.78 is 5.36. The lowest BCUT2D eigenvalue weighted by atomic mass is 9.86. The van der Waals surface area contributed by atoms with Crippen LogP contribution in [0.4, 0.5) is 0 Å². The minimum absolute atomic E-state index is 0.479. The molecule has 0 fully saturated rings. The minimum Gasteiger partial charge on any atom is -0.497 e. The normalized spacial score (nSPS) is 19.7. The van der Waals surface area contributed by atoms with Gasteiger partial charge in [-0.2, -0.15) is 0 Å². The van der Waals surface area contributed by atoms with Crippen molar-refractivity contribution in [2.24, 2.45) is 5.92 Å². The van der Waals surface area contributed by atoms with E-state index >= 15 is 0 Å². The smallest absolute Gasteiger partial charge is 0.119 e. The van der Waals surface area contributed by atoms with Gasteiger partial charge in [0.25, 0.3) is 0 Å². The number of benzene rings is 1. The number of hydrogen-bond acceptors (Lipinski definition) is 3. The van der Waals surface area contributed by atoms with Gasteiger partial charge in [0, 0.05) is 18.6 Å². The van der Waals surface area contributed by atoms with E-state index in [0.717, 1.165) is 12.3 Å². The number of nitrogens with one attached hydrogen (secondary N) is 1. The zero-order valence-corrected chi connectivity index (χ0v) is 14.1. The Labute approximate surface area is 129 Å². The van der Waals surface area contributed by atoms with Crippen molar-refractivity contribution >= 4 is 0 Å². The first-order chi connectivity index (χ1) is 10.0. The van der Waals surface area contributed by atoms with Gasteiger partial charge in [0.05, 0.1) is 7.11 Å². The van der Waals surface area contributed by atoms with Crippen molar-refractivity contribution in [1.29, 1.82) is 0 Å². The van der Waals surface area contributed by atoms with Crippen LogP contribution < -0.4 is 10.1 Å². The topological polar surface area (TPSA) is 24.5 Å². The molecule has 0 spiro atoms. The van der Waals surface area contributed by atoms with E-state index in [2.05, 4.69) is 56.4 Å². The van der Waals surface area contributed by atoms with Crippen LogP contribution in [0.25, 0.3) is 0 Å². The Morgan fingerprint density at radius 1 is 1.33 bits per heavy atom. The number of ether oxygens (including phenoxy) is 1. The highest BCUT2D eigenvalue weighted by Gasteiger charge is 2.24. The molecule has 0 heterocycles. The third-order valence-electron chi connectivity index (χ3n) is 4.45. The van der Waals surface area contributed by atoms with Crippen LogP contribution in [0, 0.1) is 5.92 Å². The molecule has 0 bridgehead atoms. The van der Waals surface area contributed by atoms with Gasteiger partial charge < -0.3 is 15.0 Å². The van der Waals surface area contributed by atoms with E-state index in [9.17, 15) is 0 Å². The summed E-state index contributed by atoms with van der Waals surface area (Å²) in [4.78, 5) is 2.27. The summed E-state index contributed by atoms with van der Waals surface area (Å²) in [5.41, 5.74) is 2.91. The van der Waals surface area contributed by atoms with Crippen molar-refractivity contribution in [2.45, 2.75) is 45.2 Å². The van der Waals surface area contributed by atoms with E-state index in [1.54, 1.807) is 7.11 Å². The summed E-state index contributed by atoms with van der Waals surface area (Å²) in [6.07, 6.45) is 3.66. The zero-order valence-electron chi connectivity index (χ0n) is 14.1. The van der Waals surface area contributed by atoms with Crippen molar-refractivity contribution in [2.75, 3.05) is 27.7 Å². The molecule has 2 atom stereocenters. The van der Waals surface area contributed by atoms with Crippen LogP contribution in [0.15, 0.2) is 18.2 Å². The van der Waals surface area contributed by atoms with Gasteiger partial charge in [-0.3, -0.25) is 0 Å². The monoisotopic (exact) mass is 290 g/mol. The summed E-state index contributed by atoms with van der Waals surface area (Å²) in [7, 11) is 6.04. The van der Waals surface area contributed by atoms with Crippen LogP contribution in [0.5, 0.6) is 5.75 Å². The Hall–Kier alpha value is -1.06. The standard InChI is InChI=1S/C18H30N2O/c1-13(2)18(12-20(3)4)19-17-8-6-7-14-11-15(21-5)9-10-16(14)17/h9-11,13,17-19H,6-8,12H2,1-5H3. The SMILES string of the molecule is COc1ccc2c(c1)CCCC2NC(CN(C)C)C(C)C. The molecule has 1 aromatic rings. The van der Waals surface area contributed by atoms with E-state index in [0.29, 0.717) is 18.0 Å². The quantitative estimate of drug-likeness (QED) is 0.870. The number of aryl methyl sites for hydroxylation is 1. The van der Waals surface area contributed by atoms with Crippen molar-refractivity contribution in [3.63, 3.8) is 0 Å². The van der Waals surface area contributed by atoms with Gasteiger partial charge in [0.1, 0.15) is 5.75 Å². The molecule has 1 aliphatic carbocycles. The lowest BCUT2D eigenvalue weighted by molar-refractivity contribution is 0.260. The number of likely N-dealkylation sites (N-methyl/N-ethyl adjacent to an activating group) is 1. The third kappa shape index (κ3) is 4.21. The van der Waals surface area contributed by atoms with Crippen LogP contribution in [-0.4, -0.2) is 38.7 Å². The second-order valence-corrected chi connectivity index (χ2v) is 6.79. The number of fused-ring (bicyclic) bond motifs is 1. The molecular weight excluding hydrogens is 260 g/mol. The molecule has 0 saturated carbocycles. The van der Waals surface area contributed by atoms with E-state index < -0.39 is 0 Å². The lowest BCUT2D eigenvalue weighted by Crippen LogP contribution is -2.44. The summed E-state index contributed by atoms with van der Waals surface area (Å²) in [6.45, 7) is 5.69. The van der Waals surface area contributed by atoms with Crippen LogP contribution in [-0.2, 0) is 6.42 Å². The maximum atomic E-state index is 5.36. The third-order valence-corrected chi connectivity index (χ3v) is 4.45. The highest BCUT2D eigenvalue weighted by atomic mass is 16.5. The number of methoxy groups -OCH3 is 1. The second-order valence-electron chi connectivity index (χ2n) is 6.79. The van der Waals surface area contributed by atoms with E-state index in [-0.39, 0.29) is 0 Å². The van der Waals surface area contributed by atoms with Crippen molar-refractivity contribution in [3.05, 3.63) is 29.3 Å². The van der Waals surface area contributed by atoms with Gasteiger partial charge in [0.15, 0.2) is 0 Å². The molecule has 1 N–H and O–H groups in total. The molecule has 0 aromatic heterocycles. The molecular formula is C18H30N2O. The Balaban J connectivity index is 2.15. The number of nitrogens with zero attached hydrogens (tertiary/aromatic N) is 1. The number of rotatable bonds is 6. The van der Waals surface area contributed by atoms with Crippen molar-refractivity contribution in [1.82, 2.24) is 10.2 Å². The molecule has 0 radical (unpaired) electrons. The highest BCUT2D eigenvalue weighted by Crippen LogP contribution is 2.32. The average Bonchev–Trinajstić information content (AvgIpc) is 2.45. The fourth-order valence-corrected chi connectivity index (χ4v) is 3.20. The van der Waals surface area contributed by atoms with E-state index in [4.69, 9.17) is 4.74 Å². The van der Waals surface area contributed by atoms with Crippen LogP contribution in [0.1, 0.15) is 43.9 Å². The molecule has 3 heteroatoms. The van der Waals surface area contributed by atoms with E-state index in [1.165, 1.54) is 30.4 Å². The molecule has 3 nitrogen and oxygen atoms in total. The molecule has 1 aromatic carbocycles. The number of hydrogen-bond donors (Lipinski definition) is 1. The van der Waals surface area contributed by atoms with Crippen molar-refractivity contribution in [3.8, 4) is 5.75 Å². The minimum atomic E-state index is 0.479. The average molecular weight is 290 g/mol. The molecule has 1 aliphatic rings. The van der Waals surface area contributed by atoms with Gasteiger partial charge >= 0.3 is 0 Å². The molecule has 0 amide bonds. The zero-order chi connectivity index (χ0) is 15.4. The van der Waals surface area contributed by atoms with Crippen LogP contribution in [0.2, 0.25) is 0 Å². The highest BCUT2D eigenvalue weighted by molar-refractivity contribution is 5.39. The maximum absolute atomic E-state index is 5.36.